The van der Waals surface area contributed by atoms with Gasteiger partial charge in [0.25, 0.3) is 0 Å². The van der Waals surface area contributed by atoms with Crippen molar-refractivity contribution in [2.75, 3.05) is 45.3 Å². The van der Waals surface area contributed by atoms with E-state index in [1.807, 2.05) is 11.9 Å². The van der Waals surface area contributed by atoms with E-state index in [0.29, 0.717) is 31.9 Å². The zero-order chi connectivity index (χ0) is 14.5. The van der Waals surface area contributed by atoms with Crippen LogP contribution in [0.15, 0.2) is 18.2 Å². The first-order valence-corrected chi connectivity index (χ1v) is 6.50. The highest BCUT2D eigenvalue weighted by atomic mass is 16.6. The molecule has 1 aromatic rings. The van der Waals surface area contributed by atoms with E-state index in [9.17, 15) is 10.1 Å². The van der Waals surface area contributed by atoms with Crippen molar-refractivity contribution < 1.29 is 14.4 Å². The van der Waals surface area contributed by atoms with Crippen LogP contribution >= 0.6 is 0 Å². The van der Waals surface area contributed by atoms with E-state index in [4.69, 9.17) is 9.47 Å². The van der Waals surface area contributed by atoms with Crippen molar-refractivity contribution >= 4 is 11.4 Å². The fourth-order valence-electron chi connectivity index (χ4n) is 2.40. The van der Waals surface area contributed by atoms with Crippen molar-refractivity contribution in [1.29, 1.82) is 0 Å². The number of nitrogens with one attached hydrogen (secondary N) is 1. The maximum absolute atomic E-state index is 11.3. The van der Waals surface area contributed by atoms with Gasteiger partial charge in [-0.25, -0.2) is 0 Å². The molecule has 0 saturated carbocycles. The van der Waals surface area contributed by atoms with Crippen LogP contribution in [0.5, 0.6) is 5.75 Å². The zero-order valence-electron chi connectivity index (χ0n) is 11.7. The molecule has 0 aromatic heterocycles. The minimum Gasteiger partial charge on any atom is -0.490 e. The first-order valence-electron chi connectivity index (χ1n) is 6.50. The van der Waals surface area contributed by atoms with Crippen molar-refractivity contribution in [3.8, 4) is 5.75 Å². The van der Waals surface area contributed by atoms with Crippen LogP contribution in [0.3, 0.4) is 0 Å². The molecule has 1 unspecified atom stereocenters. The minimum absolute atomic E-state index is 0.0140. The molecule has 1 atom stereocenters. The first-order chi connectivity index (χ1) is 9.67. The van der Waals surface area contributed by atoms with Crippen molar-refractivity contribution in [3.63, 3.8) is 0 Å². The lowest BCUT2D eigenvalue weighted by Gasteiger charge is -2.34. The molecule has 1 aliphatic rings. The third-order valence-electron chi connectivity index (χ3n) is 3.29. The molecule has 0 bridgehead atoms. The molecule has 1 heterocycles. The second-order valence-electron chi connectivity index (χ2n) is 4.58. The van der Waals surface area contributed by atoms with Gasteiger partial charge in [-0.3, -0.25) is 10.1 Å². The summed E-state index contributed by atoms with van der Waals surface area (Å²) >= 11 is 0. The molecule has 1 fully saturated rings. The summed E-state index contributed by atoms with van der Waals surface area (Å²) < 4.78 is 10.7. The smallest absolute Gasteiger partial charge is 0.333 e. The number of nitro groups is 1. The number of ether oxygens (including phenoxy) is 2. The Hall–Kier alpha value is -1.86. The Kier molecular flexibility index (Phi) is 4.75. The molecule has 0 aliphatic carbocycles. The molecule has 2 rings (SSSR count). The van der Waals surface area contributed by atoms with Gasteiger partial charge < -0.3 is 19.7 Å². The van der Waals surface area contributed by atoms with E-state index >= 15 is 0 Å². The number of nitrogens with zero attached hydrogens (tertiary/aromatic N) is 2. The maximum Gasteiger partial charge on any atom is 0.333 e. The molecule has 7 nitrogen and oxygen atoms in total. The third kappa shape index (κ3) is 3.00. The predicted octanol–water partition coefficient (Wildman–Crippen LogP) is 1.03. The molecular weight excluding hydrogens is 262 g/mol. The van der Waals surface area contributed by atoms with E-state index in [0.717, 1.165) is 0 Å². The number of anilines is 1. The van der Waals surface area contributed by atoms with Crippen LogP contribution in [0.1, 0.15) is 0 Å². The Labute approximate surface area is 117 Å². The van der Waals surface area contributed by atoms with Gasteiger partial charge in [-0.1, -0.05) is 6.07 Å². The molecule has 0 amide bonds. The van der Waals surface area contributed by atoms with Gasteiger partial charge in [0, 0.05) is 19.6 Å². The summed E-state index contributed by atoms with van der Waals surface area (Å²) in [5.74, 6) is 0.282. The van der Waals surface area contributed by atoms with Gasteiger partial charge in [0.15, 0.2) is 5.75 Å². The second kappa shape index (κ2) is 6.53. The van der Waals surface area contributed by atoms with Crippen LogP contribution < -0.4 is 15.0 Å². The number of hydrogen-bond acceptors (Lipinski definition) is 6. The Morgan fingerprint density at radius 2 is 2.40 bits per heavy atom. The molecule has 1 aliphatic heterocycles. The largest absolute Gasteiger partial charge is 0.490 e. The molecule has 0 radical (unpaired) electrons. The monoisotopic (exact) mass is 281 g/mol. The lowest BCUT2D eigenvalue weighted by Crippen LogP contribution is -2.46. The second-order valence-corrected chi connectivity index (χ2v) is 4.58. The van der Waals surface area contributed by atoms with Crippen LogP contribution in [0.2, 0.25) is 0 Å². The van der Waals surface area contributed by atoms with Crippen molar-refractivity contribution in [3.05, 3.63) is 28.3 Å². The molecule has 1 N–H and O–H groups in total. The van der Waals surface area contributed by atoms with Gasteiger partial charge in [0.1, 0.15) is 5.69 Å². The van der Waals surface area contributed by atoms with Crippen LogP contribution in [-0.4, -0.2) is 51.4 Å². The molecule has 110 valence electrons. The fourth-order valence-corrected chi connectivity index (χ4v) is 2.40. The quantitative estimate of drug-likeness (QED) is 0.641. The van der Waals surface area contributed by atoms with Gasteiger partial charge in [-0.05, 0) is 19.2 Å². The Morgan fingerprint density at radius 1 is 1.60 bits per heavy atom. The normalized spacial score (nSPS) is 18.9. The van der Waals surface area contributed by atoms with E-state index in [-0.39, 0.29) is 17.5 Å². The highest BCUT2D eigenvalue weighted by Gasteiger charge is 2.28. The van der Waals surface area contributed by atoms with Crippen LogP contribution in [0.4, 0.5) is 11.4 Å². The van der Waals surface area contributed by atoms with Crippen molar-refractivity contribution in [2.24, 2.45) is 0 Å². The van der Waals surface area contributed by atoms with Gasteiger partial charge in [0.2, 0.25) is 0 Å². The Balaban J connectivity index is 2.29. The van der Waals surface area contributed by atoms with E-state index < -0.39 is 4.92 Å². The van der Waals surface area contributed by atoms with Gasteiger partial charge in [0.05, 0.1) is 24.7 Å². The summed E-state index contributed by atoms with van der Waals surface area (Å²) in [5.41, 5.74) is 0.596. The molecular formula is C13H19N3O4. The van der Waals surface area contributed by atoms with Gasteiger partial charge in [-0.15, -0.1) is 0 Å². The summed E-state index contributed by atoms with van der Waals surface area (Å²) in [7, 11) is 3.30. The van der Waals surface area contributed by atoms with Crippen LogP contribution in [-0.2, 0) is 4.74 Å². The number of rotatable bonds is 5. The number of benzene rings is 1. The van der Waals surface area contributed by atoms with E-state index in [1.165, 1.54) is 7.11 Å². The maximum atomic E-state index is 11.3. The fraction of sp³-hybridized carbons (Fsp3) is 0.538. The standard InChI is InChI=1S/C13H19N3O4/c1-14-8-10-9-15(6-7-20-10)11-4-3-5-12(19-2)13(11)16(17)18/h3-5,10,14H,6-9H2,1-2H3. The lowest BCUT2D eigenvalue weighted by molar-refractivity contribution is -0.385. The summed E-state index contributed by atoms with van der Waals surface area (Å²) in [6.07, 6.45) is 0.0274. The van der Waals surface area contributed by atoms with E-state index in [2.05, 4.69) is 5.32 Å². The Bertz CT molecular complexity index is 479. The van der Waals surface area contributed by atoms with Gasteiger partial charge in [-0.2, -0.15) is 0 Å². The average molecular weight is 281 g/mol. The molecule has 1 aromatic carbocycles. The third-order valence-corrected chi connectivity index (χ3v) is 3.29. The topological polar surface area (TPSA) is 76.9 Å². The number of methoxy groups -OCH3 is 1. The summed E-state index contributed by atoms with van der Waals surface area (Å²) in [4.78, 5) is 12.9. The number of hydrogen-bond donors (Lipinski definition) is 1. The predicted molar refractivity (Wildman–Crippen MR) is 75.5 cm³/mol. The number of para-hydroxylation sites is 1. The molecule has 1 saturated heterocycles. The SMILES string of the molecule is CNCC1CN(c2cccc(OC)c2[N+](=O)[O-])CCO1. The number of likely N-dealkylation sites (N-methyl/N-ethyl adjacent to an activating group) is 1. The van der Waals surface area contributed by atoms with Crippen molar-refractivity contribution in [2.45, 2.75) is 6.10 Å². The lowest BCUT2D eigenvalue weighted by atomic mass is 10.2. The molecule has 7 heteroatoms. The van der Waals surface area contributed by atoms with Crippen molar-refractivity contribution in [1.82, 2.24) is 5.32 Å². The minimum atomic E-state index is -0.392. The Morgan fingerprint density at radius 3 is 3.05 bits per heavy atom. The average Bonchev–Trinajstić information content (AvgIpc) is 2.47. The summed E-state index contributed by atoms with van der Waals surface area (Å²) in [6.45, 7) is 2.53. The molecule has 0 spiro atoms. The summed E-state index contributed by atoms with van der Waals surface area (Å²) in [6, 6.07) is 5.12. The van der Waals surface area contributed by atoms with Gasteiger partial charge >= 0.3 is 5.69 Å². The number of nitro benzene ring substituents is 1. The van der Waals surface area contributed by atoms with Crippen LogP contribution in [0.25, 0.3) is 0 Å². The zero-order valence-corrected chi connectivity index (χ0v) is 11.7. The highest BCUT2D eigenvalue weighted by molar-refractivity contribution is 5.70. The first kappa shape index (κ1) is 14.5. The van der Waals surface area contributed by atoms with Crippen LogP contribution in [0, 0.1) is 10.1 Å². The number of morpholine rings is 1. The summed E-state index contributed by atoms with van der Waals surface area (Å²) in [5, 5.41) is 14.4. The molecule has 20 heavy (non-hydrogen) atoms. The highest BCUT2D eigenvalue weighted by Crippen LogP contribution is 2.37. The van der Waals surface area contributed by atoms with E-state index in [1.54, 1.807) is 18.2 Å².